The maximum atomic E-state index is 15.3. The van der Waals surface area contributed by atoms with Crippen molar-refractivity contribution in [2.45, 2.75) is 46.0 Å². The third-order valence-corrected chi connectivity index (χ3v) is 8.92. The average molecular weight is 674 g/mol. The Labute approximate surface area is 284 Å². The minimum absolute atomic E-state index is 0.0173. The number of nitrogens with one attached hydrogen (secondary N) is 3. The first-order valence-corrected chi connectivity index (χ1v) is 16.9. The molecule has 0 saturated heterocycles. The Kier molecular flexibility index (Phi) is 11.4. The average Bonchev–Trinajstić information content (AvgIpc) is 3.88. The summed E-state index contributed by atoms with van der Waals surface area (Å²) in [7, 11) is 1.55. The van der Waals surface area contributed by atoms with Gasteiger partial charge in [-0.3, -0.25) is 14.4 Å². The summed E-state index contributed by atoms with van der Waals surface area (Å²) in [4.78, 5) is 37.1. The summed E-state index contributed by atoms with van der Waals surface area (Å²) in [6, 6.07) is 15.1. The lowest BCUT2D eigenvalue weighted by atomic mass is 10.0. The summed E-state index contributed by atoms with van der Waals surface area (Å²) in [5, 5.41) is 8.96. The predicted molar refractivity (Wildman–Crippen MR) is 188 cm³/mol. The zero-order chi connectivity index (χ0) is 34.1. The topological polar surface area (TPSA) is 115 Å². The third-order valence-electron chi connectivity index (χ3n) is 8.02. The highest BCUT2D eigenvalue weighted by atomic mass is 32.2. The number of thioether (sulfide) groups is 1. The number of allylic oxidation sites excluding steroid dienone is 1. The molecule has 0 atom stereocenters. The van der Waals surface area contributed by atoms with E-state index in [1.807, 2.05) is 25.1 Å². The Morgan fingerprint density at radius 1 is 0.938 bits per heavy atom. The maximum absolute atomic E-state index is 15.3. The zero-order valence-corrected chi connectivity index (χ0v) is 28.1. The molecule has 11 heteroatoms. The number of anilines is 3. The van der Waals surface area contributed by atoms with E-state index in [9.17, 15) is 14.4 Å². The highest BCUT2D eigenvalue weighted by Gasteiger charge is 2.56. The molecular formula is C37H40FN3O6S. The van der Waals surface area contributed by atoms with Crippen LogP contribution in [-0.4, -0.2) is 42.9 Å². The summed E-state index contributed by atoms with van der Waals surface area (Å²) in [5.41, 5.74) is 2.15. The fraction of sp³-hybridized carbons (Fsp3) is 0.324. The van der Waals surface area contributed by atoms with Crippen molar-refractivity contribution in [3.05, 3.63) is 89.8 Å². The monoisotopic (exact) mass is 673 g/mol. The molecule has 0 radical (unpaired) electrons. The number of aryl methyl sites for hydroxylation is 1. The van der Waals surface area contributed by atoms with Gasteiger partial charge in [0.25, 0.3) is 0 Å². The molecule has 5 rings (SSSR count). The van der Waals surface area contributed by atoms with E-state index in [1.54, 1.807) is 44.4 Å². The van der Waals surface area contributed by atoms with Crippen LogP contribution in [0.4, 0.5) is 21.5 Å². The lowest BCUT2D eigenvalue weighted by Gasteiger charge is -2.22. The van der Waals surface area contributed by atoms with Crippen LogP contribution >= 0.6 is 11.8 Å². The van der Waals surface area contributed by atoms with Crippen molar-refractivity contribution in [3.8, 4) is 17.2 Å². The molecule has 1 saturated carbocycles. The number of carbonyl (C=O) groups excluding carboxylic acids is 3. The van der Waals surface area contributed by atoms with Crippen LogP contribution in [0.2, 0.25) is 0 Å². The lowest BCUT2D eigenvalue weighted by molar-refractivity contribution is -0.131. The second-order valence-corrected chi connectivity index (χ2v) is 13.0. The van der Waals surface area contributed by atoms with Crippen LogP contribution in [0, 0.1) is 18.2 Å². The van der Waals surface area contributed by atoms with Gasteiger partial charge in [0.05, 0.1) is 13.7 Å². The molecule has 252 valence electrons. The van der Waals surface area contributed by atoms with Crippen molar-refractivity contribution < 1.29 is 33.0 Å². The van der Waals surface area contributed by atoms with Gasteiger partial charge in [0.1, 0.15) is 11.2 Å². The minimum atomic E-state index is -1.19. The first-order chi connectivity index (χ1) is 23.2. The van der Waals surface area contributed by atoms with E-state index in [2.05, 4.69) is 28.1 Å². The van der Waals surface area contributed by atoms with Gasteiger partial charge < -0.3 is 30.2 Å². The number of amides is 2. The molecule has 1 fully saturated rings. The van der Waals surface area contributed by atoms with Crippen molar-refractivity contribution in [2.75, 3.05) is 42.0 Å². The molecule has 0 aromatic heterocycles. The fourth-order valence-corrected chi connectivity index (χ4v) is 5.73. The smallest absolute Gasteiger partial charge is 0.240 e. The van der Waals surface area contributed by atoms with Gasteiger partial charge in [-0.1, -0.05) is 41.6 Å². The number of ether oxygens (including phenoxy) is 3. The van der Waals surface area contributed by atoms with Gasteiger partial charge in [-0.05, 0) is 75.4 Å². The zero-order valence-electron chi connectivity index (χ0n) is 27.3. The number of unbranched alkanes of at least 4 members (excludes halogenated alkanes) is 1. The summed E-state index contributed by atoms with van der Waals surface area (Å²) >= 11 is 1.35. The fourth-order valence-electron chi connectivity index (χ4n) is 5.13. The van der Waals surface area contributed by atoms with Crippen LogP contribution < -0.4 is 30.2 Å². The first-order valence-electron chi connectivity index (χ1n) is 15.9. The molecule has 0 spiro atoms. The minimum Gasteiger partial charge on any atom is -0.493 e. The molecule has 1 heterocycles. The molecule has 9 nitrogen and oxygen atoms in total. The summed E-state index contributed by atoms with van der Waals surface area (Å²) in [6.07, 6.45) is 9.38. The van der Waals surface area contributed by atoms with E-state index < -0.39 is 17.1 Å². The number of rotatable bonds is 15. The molecule has 3 aromatic carbocycles. The van der Waals surface area contributed by atoms with Gasteiger partial charge in [-0.15, -0.1) is 0 Å². The van der Waals surface area contributed by atoms with E-state index >= 15 is 4.39 Å². The molecule has 2 aliphatic rings. The molecule has 3 N–H and O–H groups in total. The van der Waals surface area contributed by atoms with E-state index in [1.165, 1.54) is 23.9 Å². The van der Waals surface area contributed by atoms with Crippen molar-refractivity contribution in [1.82, 2.24) is 0 Å². The van der Waals surface area contributed by atoms with Crippen LogP contribution in [-0.2, 0) is 14.4 Å². The first kappa shape index (κ1) is 34.6. The molecule has 0 bridgehead atoms. The van der Waals surface area contributed by atoms with Crippen molar-refractivity contribution in [2.24, 2.45) is 5.41 Å². The Balaban J connectivity index is 1.17. The summed E-state index contributed by atoms with van der Waals surface area (Å²) in [6.45, 7) is 4.45. The van der Waals surface area contributed by atoms with Gasteiger partial charge >= 0.3 is 0 Å². The number of fused-ring (bicyclic) bond motifs is 1. The van der Waals surface area contributed by atoms with E-state index in [4.69, 9.17) is 14.2 Å². The molecule has 1 aliphatic heterocycles. The highest BCUT2D eigenvalue weighted by molar-refractivity contribution is 8.13. The van der Waals surface area contributed by atoms with Crippen LogP contribution in [0.5, 0.6) is 17.2 Å². The van der Waals surface area contributed by atoms with Crippen LogP contribution in [0.1, 0.15) is 50.2 Å². The number of methoxy groups -OCH3 is 1. The van der Waals surface area contributed by atoms with Crippen LogP contribution in [0.25, 0.3) is 5.76 Å². The van der Waals surface area contributed by atoms with Crippen LogP contribution in [0.15, 0.2) is 72.8 Å². The Morgan fingerprint density at radius 3 is 2.33 bits per heavy atom. The Hall–Kier alpha value is -4.77. The van der Waals surface area contributed by atoms with E-state index in [0.717, 1.165) is 36.3 Å². The molecule has 48 heavy (non-hydrogen) atoms. The maximum Gasteiger partial charge on any atom is 0.240 e. The van der Waals surface area contributed by atoms with E-state index in [0.29, 0.717) is 54.5 Å². The second-order valence-electron chi connectivity index (χ2n) is 11.7. The second kappa shape index (κ2) is 15.9. The lowest BCUT2D eigenvalue weighted by Crippen LogP contribution is -2.35. The predicted octanol–water partition coefficient (Wildman–Crippen LogP) is 7.73. The molecule has 1 aliphatic carbocycles. The van der Waals surface area contributed by atoms with Gasteiger partial charge in [0, 0.05) is 54.0 Å². The Bertz CT molecular complexity index is 1720. The summed E-state index contributed by atoms with van der Waals surface area (Å²) < 4.78 is 32.9. The SMILES string of the molecule is COc1cc2c(cc1OCC/C=C/CCCSC(C)=O)NCC=C2Oc1ccc(NC(=O)C2(C(=O)Nc3ccc(C)cc3)CC2)cc1F. The standard InChI is InChI=1S/C37H40FN3O6S/c1-24-9-11-26(12-10-24)40-35(43)37(16-17-37)36(44)41-27-13-14-32(29(38)21-27)47-31-15-18-39-30-23-34(33(45-3)22-28(30)31)46-19-7-5-4-6-8-20-48-25(2)42/h4-5,9-15,21-23,39H,6-8,16-20H2,1-3H3,(H,40,43)(H,41,44)/b5-4+. The van der Waals surface area contributed by atoms with Gasteiger partial charge in [0.15, 0.2) is 28.2 Å². The van der Waals surface area contributed by atoms with Gasteiger partial charge in [-0.2, -0.15) is 0 Å². The number of hydrogen-bond acceptors (Lipinski definition) is 8. The van der Waals surface area contributed by atoms with E-state index in [-0.39, 0.29) is 22.5 Å². The molecule has 3 aromatic rings. The number of hydrogen-bond donors (Lipinski definition) is 3. The molecule has 0 unspecified atom stereocenters. The van der Waals surface area contributed by atoms with Crippen molar-refractivity contribution in [1.29, 1.82) is 0 Å². The number of benzene rings is 3. The number of carbonyl (C=O) groups is 3. The normalized spacial score (nSPS) is 14.3. The molecule has 2 amide bonds. The highest BCUT2D eigenvalue weighted by Crippen LogP contribution is 2.48. The summed E-state index contributed by atoms with van der Waals surface area (Å²) in [5.74, 6) is 0.811. The van der Waals surface area contributed by atoms with Gasteiger partial charge in [0.2, 0.25) is 11.8 Å². The molecular weight excluding hydrogens is 633 g/mol. The Morgan fingerprint density at radius 2 is 1.65 bits per heavy atom. The third kappa shape index (κ3) is 8.77. The van der Waals surface area contributed by atoms with Gasteiger partial charge in [-0.25, -0.2) is 4.39 Å². The quantitative estimate of drug-likeness (QED) is 0.0853. The van der Waals surface area contributed by atoms with Crippen molar-refractivity contribution >= 4 is 51.5 Å². The van der Waals surface area contributed by atoms with Crippen LogP contribution in [0.3, 0.4) is 0 Å². The van der Waals surface area contributed by atoms with Crippen molar-refractivity contribution in [3.63, 3.8) is 0 Å². The number of halogens is 1. The largest absolute Gasteiger partial charge is 0.493 e.